The van der Waals surface area contributed by atoms with E-state index < -0.39 is 11.7 Å². The first-order valence-corrected chi connectivity index (χ1v) is 7.58. The Morgan fingerprint density at radius 3 is 2.88 bits per heavy atom. The van der Waals surface area contributed by atoms with Gasteiger partial charge in [0.15, 0.2) is 5.65 Å². The number of halogens is 3. The van der Waals surface area contributed by atoms with E-state index in [1.807, 2.05) is 0 Å². The van der Waals surface area contributed by atoms with E-state index in [-0.39, 0.29) is 18.4 Å². The minimum atomic E-state index is -4.43. The number of pyridine rings is 1. The van der Waals surface area contributed by atoms with E-state index in [0.29, 0.717) is 24.6 Å². The zero-order valence-corrected chi connectivity index (χ0v) is 13.1. The predicted octanol–water partition coefficient (Wildman–Crippen LogP) is 2.10. The lowest BCUT2D eigenvalue weighted by Crippen LogP contribution is -2.41. The van der Waals surface area contributed by atoms with Crippen molar-refractivity contribution in [2.24, 2.45) is 0 Å². The van der Waals surface area contributed by atoms with Gasteiger partial charge in [0.05, 0.1) is 5.56 Å². The maximum absolute atomic E-state index is 12.9. The third kappa shape index (κ3) is 3.21. The van der Waals surface area contributed by atoms with Crippen LogP contribution in [0.3, 0.4) is 0 Å². The summed E-state index contributed by atoms with van der Waals surface area (Å²) in [5, 5.41) is 8.00. The second-order valence-electron chi connectivity index (χ2n) is 5.81. The maximum atomic E-state index is 12.9. The molecule has 2 aromatic heterocycles. The van der Waals surface area contributed by atoms with Crippen molar-refractivity contribution in [3.8, 4) is 0 Å². The Morgan fingerprint density at radius 2 is 2.17 bits per heavy atom. The van der Waals surface area contributed by atoms with Crippen LogP contribution in [0.15, 0.2) is 18.3 Å². The van der Waals surface area contributed by atoms with Gasteiger partial charge in [-0.3, -0.25) is 9.20 Å². The van der Waals surface area contributed by atoms with E-state index in [2.05, 4.69) is 10.2 Å². The fraction of sp³-hybridized carbons (Fsp3) is 0.533. The van der Waals surface area contributed by atoms with Gasteiger partial charge in [0.2, 0.25) is 5.91 Å². The molecule has 1 fully saturated rings. The summed E-state index contributed by atoms with van der Waals surface area (Å²) >= 11 is 0. The minimum absolute atomic E-state index is 0.00841. The normalized spacial score (nSPS) is 19.0. The van der Waals surface area contributed by atoms with Gasteiger partial charge in [-0.25, -0.2) is 0 Å². The van der Waals surface area contributed by atoms with Crippen molar-refractivity contribution in [3.05, 3.63) is 29.7 Å². The highest BCUT2D eigenvalue weighted by atomic mass is 19.4. The zero-order chi connectivity index (χ0) is 17.3. The Morgan fingerprint density at radius 1 is 1.38 bits per heavy atom. The molecule has 0 aromatic carbocycles. The summed E-state index contributed by atoms with van der Waals surface area (Å²) in [6.45, 7) is 1.01. The molecule has 0 N–H and O–H groups in total. The molecule has 1 aliphatic rings. The first kappa shape index (κ1) is 16.7. The van der Waals surface area contributed by atoms with E-state index in [4.69, 9.17) is 4.74 Å². The number of likely N-dealkylation sites (tertiary alicyclic amines) is 1. The SMILES string of the molecule is COCC(=O)N1CCC[C@H](c2nnc3ccc(C(F)(F)F)cn23)C1. The smallest absolute Gasteiger partial charge is 0.375 e. The van der Waals surface area contributed by atoms with Gasteiger partial charge in [-0.05, 0) is 25.0 Å². The highest BCUT2D eigenvalue weighted by Gasteiger charge is 2.32. The Kier molecular flexibility index (Phi) is 4.44. The Hall–Kier alpha value is -2.16. The molecule has 3 heterocycles. The number of aromatic nitrogens is 3. The van der Waals surface area contributed by atoms with E-state index in [1.54, 1.807) is 4.90 Å². The van der Waals surface area contributed by atoms with Crippen molar-refractivity contribution in [3.63, 3.8) is 0 Å². The van der Waals surface area contributed by atoms with E-state index in [9.17, 15) is 18.0 Å². The van der Waals surface area contributed by atoms with Gasteiger partial charge >= 0.3 is 6.18 Å². The fourth-order valence-corrected chi connectivity index (χ4v) is 2.98. The monoisotopic (exact) mass is 342 g/mol. The number of carbonyl (C=O) groups is 1. The number of alkyl halides is 3. The van der Waals surface area contributed by atoms with Crippen LogP contribution in [0.2, 0.25) is 0 Å². The lowest BCUT2D eigenvalue weighted by Gasteiger charge is -2.31. The molecule has 0 bridgehead atoms. The molecule has 130 valence electrons. The Balaban J connectivity index is 1.89. The molecule has 0 saturated carbocycles. The molecule has 3 rings (SSSR count). The molecule has 1 amide bonds. The summed E-state index contributed by atoms with van der Waals surface area (Å²) < 4.78 is 45.0. The molecule has 1 atom stereocenters. The molecular weight excluding hydrogens is 325 g/mol. The third-order valence-corrected chi connectivity index (χ3v) is 4.16. The van der Waals surface area contributed by atoms with Crippen molar-refractivity contribution in [1.29, 1.82) is 0 Å². The average Bonchev–Trinajstić information content (AvgIpc) is 2.97. The molecule has 6 nitrogen and oxygen atoms in total. The number of hydrogen-bond donors (Lipinski definition) is 0. The largest absolute Gasteiger partial charge is 0.417 e. The van der Waals surface area contributed by atoms with Crippen molar-refractivity contribution in [1.82, 2.24) is 19.5 Å². The third-order valence-electron chi connectivity index (χ3n) is 4.16. The van der Waals surface area contributed by atoms with Crippen LogP contribution < -0.4 is 0 Å². The Labute approximate surface area is 136 Å². The Bertz CT molecular complexity index is 744. The minimum Gasteiger partial charge on any atom is -0.375 e. The van der Waals surface area contributed by atoms with Crippen molar-refractivity contribution in [2.75, 3.05) is 26.8 Å². The van der Waals surface area contributed by atoms with Crippen LogP contribution in [0, 0.1) is 0 Å². The molecule has 9 heteroatoms. The molecule has 0 radical (unpaired) electrons. The quantitative estimate of drug-likeness (QED) is 0.857. The molecule has 0 unspecified atom stereocenters. The summed E-state index contributed by atoms with van der Waals surface area (Å²) in [5.41, 5.74) is -0.391. The summed E-state index contributed by atoms with van der Waals surface area (Å²) in [6.07, 6.45) is -1.91. The zero-order valence-electron chi connectivity index (χ0n) is 13.1. The van der Waals surface area contributed by atoms with Gasteiger partial charge in [-0.15, -0.1) is 10.2 Å². The molecule has 1 saturated heterocycles. The predicted molar refractivity (Wildman–Crippen MR) is 78.4 cm³/mol. The molecule has 0 aliphatic carbocycles. The number of amides is 1. The number of carbonyl (C=O) groups excluding carboxylic acids is 1. The van der Waals surface area contributed by atoms with Crippen molar-refractivity contribution < 1.29 is 22.7 Å². The van der Waals surface area contributed by atoms with Crippen LogP contribution in [-0.2, 0) is 15.7 Å². The van der Waals surface area contributed by atoms with Crippen molar-refractivity contribution in [2.45, 2.75) is 24.9 Å². The van der Waals surface area contributed by atoms with Crippen LogP contribution in [-0.4, -0.2) is 52.2 Å². The second kappa shape index (κ2) is 6.39. The number of rotatable bonds is 3. The summed E-state index contributed by atoms with van der Waals surface area (Å²) in [7, 11) is 1.45. The van der Waals surface area contributed by atoms with Gasteiger partial charge < -0.3 is 9.64 Å². The fourth-order valence-electron chi connectivity index (χ4n) is 2.98. The molecule has 24 heavy (non-hydrogen) atoms. The lowest BCUT2D eigenvalue weighted by molar-refractivity contribution is -0.138. The highest BCUT2D eigenvalue weighted by molar-refractivity contribution is 5.77. The van der Waals surface area contributed by atoms with Gasteiger partial charge in [0.1, 0.15) is 12.4 Å². The number of hydrogen-bond acceptors (Lipinski definition) is 4. The standard InChI is InChI=1S/C15H17F3N4O2/c1-24-9-13(23)21-6-2-3-10(7-21)14-20-19-12-5-4-11(8-22(12)14)15(16,17)18/h4-5,8,10H,2-3,6-7,9H2,1H3/t10-/m0/s1. The first-order valence-electron chi connectivity index (χ1n) is 7.58. The molecular formula is C15H17F3N4O2. The van der Waals surface area contributed by atoms with E-state index in [1.165, 1.54) is 17.6 Å². The molecule has 1 aliphatic heterocycles. The number of ether oxygens (including phenoxy) is 1. The maximum Gasteiger partial charge on any atom is 0.417 e. The van der Waals surface area contributed by atoms with Crippen LogP contribution in [0.4, 0.5) is 13.2 Å². The van der Waals surface area contributed by atoms with Gasteiger partial charge in [-0.2, -0.15) is 13.2 Å². The molecule has 0 spiro atoms. The van der Waals surface area contributed by atoms with E-state index >= 15 is 0 Å². The topological polar surface area (TPSA) is 59.7 Å². The number of methoxy groups -OCH3 is 1. The molecule has 2 aromatic rings. The number of fused-ring (bicyclic) bond motifs is 1. The van der Waals surface area contributed by atoms with Crippen molar-refractivity contribution >= 4 is 11.6 Å². The summed E-state index contributed by atoms with van der Waals surface area (Å²) in [4.78, 5) is 13.6. The highest BCUT2D eigenvalue weighted by Crippen LogP contribution is 2.31. The van der Waals surface area contributed by atoms with Crippen LogP contribution >= 0.6 is 0 Å². The average molecular weight is 342 g/mol. The van der Waals surface area contributed by atoms with Crippen LogP contribution in [0.1, 0.15) is 30.1 Å². The number of piperidine rings is 1. The second-order valence-corrected chi connectivity index (χ2v) is 5.81. The van der Waals surface area contributed by atoms with Crippen LogP contribution in [0.5, 0.6) is 0 Å². The van der Waals surface area contributed by atoms with E-state index in [0.717, 1.165) is 25.1 Å². The summed E-state index contributed by atoms with van der Waals surface area (Å²) in [6, 6.07) is 2.29. The van der Waals surface area contributed by atoms with Gasteiger partial charge in [0, 0.05) is 32.3 Å². The van der Waals surface area contributed by atoms with Crippen LogP contribution in [0.25, 0.3) is 5.65 Å². The lowest BCUT2D eigenvalue weighted by atomic mass is 9.97. The first-order chi connectivity index (χ1) is 11.4. The summed E-state index contributed by atoms with van der Waals surface area (Å²) in [5.74, 6) is 0.163. The number of nitrogens with zero attached hydrogens (tertiary/aromatic N) is 4. The van der Waals surface area contributed by atoms with Gasteiger partial charge in [0.25, 0.3) is 0 Å². The van der Waals surface area contributed by atoms with Gasteiger partial charge in [-0.1, -0.05) is 0 Å².